The predicted molar refractivity (Wildman–Crippen MR) is 112 cm³/mol. The van der Waals surface area contributed by atoms with Crippen LogP contribution in [0, 0.1) is 0 Å². The third-order valence-electron chi connectivity index (χ3n) is 3.88. The van der Waals surface area contributed by atoms with Gasteiger partial charge in [-0.2, -0.15) is 4.98 Å². The zero-order chi connectivity index (χ0) is 20.1. The van der Waals surface area contributed by atoms with E-state index in [4.69, 9.17) is 20.8 Å². The van der Waals surface area contributed by atoms with E-state index < -0.39 is 9.84 Å². The second-order valence-electron chi connectivity index (χ2n) is 5.89. The molecule has 1 aromatic heterocycles. The number of benzene rings is 2. The van der Waals surface area contributed by atoms with Crippen molar-refractivity contribution in [1.82, 2.24) is 4.98 Å². The van der Waals surface area contributed by atoms with Gasteiger partial charge in [-0.25, -0.2) is 8.42 Å². The van der Waals surface area contributed by atoms with Crippen molar-refractivity contribution < 1.29 is 17.6 Å². The molecular formula is C19H18BrClN2O4S. The van der Waals surface area contributed by atoms with Crippen molar-refractivity contribution in [1.29, 1.82) is 0 Å². The second-order valence-corrected chi connectivity index (χ2v) is 9.11. The smallest absolute Gasteiger partial charge is 0.233 e. The summed E-state index contributed by atoms with van der Waals surface area (Å²) in [5.41, 5.74) is 0.667. The summed E-state index contributed by atoms with van der Waals surface area (Å²) in [6, 6.07) is 13.2. The molecule has 0 atom stereocenters. The number of aromatic nitrogens is 1. The molecule has 1 heterocycles. The number of sulfone groups is 1. The Morgan fingerprint density at radius 1 is 1.14 bits per heavy atom. The lowest BCUT2D eigenvalue weighted by atomic mass is 10.2. The van der Waals surface area contributed by atoms with Gasteiger partial charge in [0.05, 0.1) is 4.90 Å². The number of anilines is 1. The molecule has 2 aromatic carbocycles. The van der Waals surface area contributed by atoms with E-state index in [2.05, 4.69) is 26.2 Å². The molecule has 0 saturated heterocycles. The van der Waals surface area contributed by atoms with Crippen LogP contribution in [0.3, 0.4) is 0 Å². The normalized spacial score (nSPS) is 11.5. The minimum Gasteiger partial charge on any atom is -0.419 e. The van der Waals surface area contributed by atoms with Gasteiger partial charge in [0.1, 0.15) is 0 Å². The van der Waals surface area contributed by atoms with Crippen molar-refractivity contribution in [3.8, 4) is 11.5 Å². The lowest BCUT2D eigenvalue weighted by molar-refractivity contribution is 0.197. The van der Waals surface area contributed by atoms with E-state index >= 15 is 0 Å². The Morgan fingerprint density at radius 3 is 2.46 bits per heavy atom. The molecule has 0 aliphatic carbocycles. The number of rotatable bonds is 8. The molecule has 6 nitrogen and oxygen atoms in total. The fourth-order valence-electron chi connectivity index (χ4n) is 2.46. The first-order chi connectivity index (χ1) is 13.4. The Balaban J connectivity index is 2.01. The molecule has 148 valence electrons. The van der Waals surface area contributed by atoms with Gasteiger partial charge in [-0.3, -0.25) is 0 Å². The van der Waals surface area contributed by atoms with Gasteiger partial charge in [-0.1, -0.05) is 27.5 Å². The molecule has 0 spiro atoms. The van der Waals surface area contributed by atoms with Crippen LogP contribution in [0.15, 0.2) is 67.3 Å². The van der Waals surface area contributed by atoms with Crippen molar-refractivity contribution in [2.24, 2.45) is 0 Å². The number of hydrogen-bond acceptors (Lipinski definition) is 6. The molecule has 3 aromatic rings. The molecule has 0 fully saturated rings. The number of halogens is 2. The summed E-state index contributed by atoms with van der Waals surface area (Å²) >= 11 is 9.25. The molecule has 9 heteroatoms. The number of methoxy groups -OCH3 is 1. The van der Waals surface area contributed by atoms with E-state index in [9.17, 15) is 8.42 Å². The van der Waals surface area contributed by atoms with Gasteiger partial charge in [0.25, 0.3) is 0 Å². The lowest BCUT2D eigenvalue weighted by Gasteiger charge is -2.06. The third kappa shape index (κ3) is 4.75. The largest absolute Gasteiger partial charge is 0.419 e. The fourth-order valence-corrected chi connectivity index (χ4v) is 4.13. The fraction of sp³-hybridized carbons (Fsp3) is 0.211. The van der Waals surface area contributed by atoms with Crippen LogP contribution in [0.25, 0.3) is 11.5 Å². The van der Waals surface area contributed by atoms with E-state index in [1.165, 1.54) is 24.3 Å². The summed E-state index contributed by atoms with van der Waals surface area (Å²) < 4.78 is 37.9. The maximum absolute atomic E-state index is 13.1. The lowest BCUT2D eigenvalue weighted by Crippen LogP contribution is -2.09. The SMILES string of the molecule is COCCCNc1oc(-c2ccc(Br)cc2)nc1S(=O)(=O)c1ccc(Cl)cc1. The molecule has 1 N–H and O–H groups in total. The van der Waals surface area contributed by atoms with Crippen molar-refractivity contribution >= 4 is 43.3 Å². The van der Waals surface area contributed by atoms with Crippen LogP contribution in [0.1, 0.15) is 6.42 Å². The first kappa shape index (κ1) is 20.9. The maximum Gasteiger partial charge on any atom is 0.233 e. The molecule has 0 unspecified atom stereocenters. The first-order valence-corrected chi connectivity index (χ1v) is 11.1. The maximum atomic E-state index is 13.1. The molecule has 0 amide bonds. The highest BCUT2D eigenvalue weighted by Gasteiger charge is 2.28. The highest BCUT2D eigenvalue weighted by atomic mass is 79.9. The van der Waals surface area contributed by atoms with Gasteiger partial charge in [0.2, 0.25) is 26.6 Å². The summed E-state index contributed by atoms with van der Waals surface area (Å²) in [6.07, 6.45) is 0.686. The summed E-state index contributed by atoms with van der Waals surface area (Å²) in [5.74, 6) is 0.318. The zero-order valence-corrected chi connectivity index (χ0v) is 18.1. The van der Waals surface area contributed by atoms with Crippen LogP contribution < -0.4 is 5.32 Å². The first-order valence-electron chi connectivity index (χ1n) is 8.42. The second kappa shape index (κ2) is 9.09. The topological polar surface area (TPSA) is 81.4 Å². The van der Waals surface area contributed by atoms with E-state index in [1.54, 1.807) is 19.2 Å². The number of ether oxygens (including phenoxy) is 1. The Labute approximate surface area is 176 Å². The average Bonchev–Trinajstić information content (AvgIpc) is 3.11. The summed E-state index contributed by atoms with van der Waals surface area (Å²) in [6.45, 7) is 1.02. The molecule has 0 aliphatic heterocycles. The molecule has 0 saturated carbocycles. The molecule has 3 rings (SSSR count). The van der Waals surface area contributed by atoms with E-state index in [1.807, 2.05) is 12.1 Å². The number of oxazole rings is 1. The van der Waals surface area contributed by atoms with Gasteiger partial charge in [-0.05, 0) is 55.0 Å². The van der Waals surface area contributed by atoms with E-state index in [-0.39, 0.29) is 21.7 Å². The molecule has 0 radical (unpaired) electrons. The molecule has 28 heavy (non-hydrogen) atoms. The standard InChI is InChI=1S/C19H18BrClN2O4S/c1-26-12-2-11-22-18-19(28(24,25)16-9-7-15(21)8-10-16)23-17(27-18)13-3-5-14(20)6-4-13/h3-10,22H,2,11-12H2,1H3. The Kier molecular flexibility index (Phi) is 6.77. The third-order valence-corrected chi connectivity index (χ3v) is 6.34. The van der Waals surface area contributed by atoms with Crippen LogP contribution in [0.4, 0.5) is 5.88 Å². The number of nitrogens with one attached hydrogen (secondary N) is 1. The van der Waals surface area contributed by atoms with Gasteiger partial charge in [0, 0.05) is 35.3 Å². The summed E-state index contributed by atoms with van der Waals surface area (Å²) in [7, 11) is -2.28. The highest BCUT2D eigenvalue weighted by Crippen LogP contribution is 2.33. The Hall–Kier alpha value is -1.87. The predicted octanol–water partition coefficient (Wildman–Crippen LogP) is 5.04. The van der Waals surface area contributed by atoms with E-state index in [0.717, 1.165) is 4.47 Å². The van der Waals surface area contributed by atoms with Crippen molar-refractivity contribution in [3.05, 3.63) is 58.0 Å². The van der Waals surface area contributed by atoms with Gasteiger partial charge in [-0.15, -0.1) is 0 Å². The number of nitrogens with zero attached hydrogens (tertiary/aromatic N) is 1. The van der Waals surface area contributed by atoms with Gasteiger partial charge >= 0.3 is 0 Å². The van der Waals surface area contributed by atoms with Crippen molar-refractivity contribution in [2.75, 3.05) is 25.6 Å². The minimum atomic E-state index is -3.89. The highest BCUT2D eigenvalue weighted by molar-refractivity contribution is 9.10. The number of hydrogen-bond donors (Lipinski definition) is 1. The van der Waals surface area contributed by atoms with Crippen LogP contribution in [0.2, 0.25) is 5.02 Å². The van der Waals surface area contributed by atoms with Crippen LogP contribution >= 0.6 is 27.5 Å². The summed E-state index contributed by atoms with van der Waals surface area (Å²) in [4.78, 5) is 4.37. The monoisotopic (exact) mass is 484 g/mol. The van der Waals surface area contributed by atoms with Gasteiger partial charge in [0.15, 0.2) is 0 Å². The van der Waals surface area contributed by atoms with E-state index in [0.29, 0.717) is 30.2 Å². The van der Waals surface area contributed by atoms with Crippen molar-refractivity contribution in [2.45, 2.75) is 16.3 Å². The van der Waals surface area contributed by atoms with Gasteiger partial charge < -0.3 is 14.5 Å². The van der Waals surface area contributed by atoms with Crippen LogP contribution in [0.5, 0.6) is 0 Å². The molecular weight excluding hydrogens is 468 g/mol. The van der Waals surface area contributed by atoms with Crippen molar-refractivity contribution in [3.63, 3.8) is 0 Å². The van der Waals surface area contributed by atoms with Crippen LogP contribution in [-0.2, 0) is 14.6 Å². The average molecular weight is 486 g/mol. The quantitative estimate of drug-likeness (QED) is 0.450. The Morgan fingerprint density at radius 2 is 1.82 bits per heavy atom. The minimum absolute atomic E-state index is 0.0903. The summed E-state index contributed by atoms with van der Waals surface area (Å²) in [5, 5.41) is 3.30. The molecule has 0 aliphatic rings. The zero-order valence-electron chi connectivity index (χ0n) is 15.0. The molecule has 0 bridgehead atoms. The Bertz CT molecular complexity index is 1030. The van der Waals surface area contributed by atoms with Crippen LogP contribution in [-0.4, -0.2) is 33.7 Å².